The van der Waals surface area contributed by atoms with Crippen LogP contribution in [0.1, 0.15) is 19.8 Å². The summed E-state index contributed by atoms with van der Waals surface area (Å²) in [5.41, 5.74) is 5.01. The largest absolute Gasteiger partial charge is 0.369 e. The van der Waals surface area contributed by atoms with Crippen molar-refractivity contribution in [3.8, 4) is 0 Å². The molecule has 1 saturated carbocycles. The van der Waals surface area contributed by atoms with Crippen molar-refractivity contribution >= 4 is 5.91 Å². The molecule has 0 heterocycles. The molecule has 4 nitrogen and oxygen atoms in total. The number of rotatable bonds is 6. The van der Waals surface area contributed by atoms with E-state index in [0.29, 0.717) is 6.04 Å². The first-order chi connectivity index (χ1) is 6.11. The van der Waals surface area contributed by atoms with Crippen LogP contribution < -0.4 is 11.1 Å². The maximum absolute atomic E-state index is 10.4. The molecule has 1 rings (SSSR count). The lowest BCUT2D eigenvalue weighted by Gasteiger charge is -2.24. The smallest absolute Gasteiger partial charge is 0.231 e. The molecule has 0 saturated heterocycles. The molecule has 0 aliphatic heterocycles. The van der Waals surface area contributed by atoms with Crippen LogP contribution in [-0.4, -0.2) is 43.0 Å². The van der Waals surface area contributed by atoms with Crippen molar-refractivity contribution in [3.05, 3.63) is 0 Å². The molecule has 76 valence electrons. The Hall–Kier alpha value is -0.610. The van der Waals surface area contributed by atoms with Gasteiger partial charge in [-0.25, -0.2) is 0 Å². The second-order valence-corrected chi connectivity index (χ2v) is 3.84. The van der Waals surface area contributed by atoms with E-state index in [-0.39, 0.29) is 12.5 Å². The summed E-state index contributed by atoms with van der Waals surface area (Å²) in [5, 5.41) is 3.03. The lowest BCUT2D eigenvalue weighted by atomic mass is 10.3. The predicted molar refractivity (Wildman–Crippen MR) is 52.3 cm³/mol. The van der Waals surface area contributed by atoms with E-state index < -0.39 is 0 Å². The number of nitrogens with one attached hydrogen (secondary N) is 1. The fraction of sp³-hybridized carbons (Fsp3) is 0.889. The van der Waals surface area contributed by atoms with Crippen molar-refractivity contribution in [2.24, 2.45) is 5.73 Å². The summed E-state index contributed by atoms with van der Waals surface area (Å²) in [6.07, 6.45) is 2.63. The summed E-state index contributed by atoms with van der Waals surface area (Å²) in [6, 6.07) is 1.25. The maximum atomic E-state index is 10.4. The van der Waals surface area contributed by atoms with Crippen LogP contribution in [0.5, 0.6) is 0 Å². The second-order valence-electron chi connectivity index (χ2n) is 3.84. The molecule has 1 aliphatic carbocycles. The summed E-state index contributed by atoms with van der Waals surface area (Å²) in [5.74, 6) is -0.290. The van der Waals surface area contributed by atoms with Crippen LogP contribution in [-0.2, 0) is 4.79 Å². The highest BCUT2D eigenvalue weighted by Crippen LogP contribution is 2.26. The van der Waals surface area contributed by atoms with Crippen molar-refractivity contribution in [3.63, 3.8) is 0 Å². The van der Waals surface area contributed by atoms with Crippen molar-refractivity contribution in [2.45, 2.75) is 31.8 Å². The number of nitrogens with zero attached hydrogens (tertiary/aromatic N) is 1. The van der Waals surface area contributed by atoms with Gasteiger partial charge in [0.1, 0.15) is 0 Å². The molecule has 1 atom stereocenters. The molecule has 1 fully saturated rings. The zero-order chi connectivity index (χ0) is 9.84. The number of likely N-dealkylation sites (N-methyl/N-ethyl adjacent to an activating group) is 1. The topological polar surface area (TPSA) is 58.4 Å². The first kappa shape index (κ1) is 10.5. The number of hydrogen-bond donors (Lipinski definition) is 2. The van der Waals surface area contributed by atoms with Gasteiger partial charge in [-0.15, -0.1) is 0 Å². The molecular weight excluding hydrogens is 166 g/mol. The first-order valence-corrected chi connectivity index (χ1v) is 4.82. The standard InChI is InChI=1S/C9H19N3O/c1-7(5-11-6-9(10)13)12(2)8-3-4-8/h7-8,11H,3-6H2,1-2H3,(H2,10,13). The number of carbonyl (C=O) groups excluding carboxylic acids is 1. The Morgan fingerprint density at radius 1 is 1.69 bits per heavy atom. The summed E-state index contributed by atoms with van der Waals surface area (Å²) in [4.78, 5) is 12.8. The van der Waals surface area contributed by atoms with E-state index in [4.69, 9.17) is 5.73 Å². The molecule has 0 aromatic heterocycles. The Morgan fingerprint density at radius 2 is 2.31 bits per heavy atom. The Labute approximate surface area is 79.5 Å². The fourth-order valence-electron chi connectivity index (χ4n) is 1.39. The molecule has 1 unspecified atom stereocenters. The van der Waals surface area contributed by atoms with E-state index in [2.05, 4.69) is 24.2 Å². The quantitative estimate of drug-likeness (QED) is 0.589. The van der Waals surface area contributed by atoms with Crippen LogP contribution in [0.2, 0.25) is 0 Å². The van der Waals surface area contributed by atoms with Crippen molar-refractivity contribution in [1.82, 2.24) is 10.2 Å². The first-order valence-electron chi connectivity index (χ1n) is 4.82. The van der Waals surface area contributed by atoms with E-state index in [9.17, 15) is 4.79 Å². The lowest BCUT2D eigenvalue weighted by molar-refractivity contribution is -0.117. The predicted octanol–water partition coefficient (Wildman–Crippen LogP) is -0.456. The Balaban J connectivity index is 2.09. The molecule has 4 heteroatoms. The van der Waals surface area contributed by atoms with E-state index in [1.54, 1.807) is 0 Å². The highest BCUT2D eigenvalue weighted by Gasteiger charge is 2.28. The summed E-state index contributed by atoms with van der Waals surface area (Å²) >= 11 is 0. The minimum absolute atomic E-state index is 0.281. The van der Waals surface area contributed by atoms with Gasteiger partial charge < -0.3 is 11.1 Å². The second kappa shape index (κ2) is 4.58. The van der Waals surface area contributed by atoms with Crippen LogP contribution in [0.15, 0.2) is 0 Å². The molecular formula is C9H19N3O. The lowest BCUT2D eigenvalue weighted by Crippen LogP contribution is -2.41. The van der Waals surface area contributed by atoms with E-state index in [1.165, 1.54) is 12.8 Å². The molecule has 0 radical (unpaired) electrons. The van der Waals surface area contributed by atoms with Gasteiger partial charge in [-0.2, -0.15) is 0 Å². The van der Waals surface area contributed by atoms with Gasteiger partial charge in [0, 0.05) is 18.6 Å². The van der Waals surface area contributed by atoms with Gasteiger partial charge in [0.2, 0.25) is 5.91 Å². The van der Waals surface area contributed by atoms with E-state index >= 15 is 0 Å². The third-order valence-corrected chi connectivity index (χ3v) is 2.56. The van der Waals surface area contributed by atoms with Gasteiger partial charge >= 0.3 is 0 Å². The van der Waals surface area contributed by atoms with Crippen LogP contribution in [0, 0.1) is 0 Å². The molecule has 13 heavy (non-hydrogen) atoms. The van der Waals surface area contributed by atoms with Crippen molar-refractivity contribution in [2.75, 3.05) is 20.1 Å². The molecule has 1 aliphatic rings. The van der Waals surface area contributed by atoms with Gasteiger partial charge in [0.05, 0.1) is 6.54 Å². The highest BCUT2D eigenvalue weighted by molar-refractivity contribution is 5.75. The molecule has 0 aromatic rings. The molecule has 0 spiro atoms. The summed E-state index contributed by atoms with van der Waals surface area (Å²) in [7, 11) is 2.13. The Bertz CT molecular complexity index is 180. The summed E-state index contributed by atoms with van der Waals surface area (Å²) in [6.45, 7) is 3.27. The number of hydrogen-bond acceptors (Lipinski definition) is 3. The van der Waals surface area contributed by atoms with Crippen molar-refractivity contribution in [1.29, 1.82) is 0 Å². The van der Waals surface area contributed by atoms with Gasteiger partial charge in [0.15, 0.2) is 0 Å². The van der Waals surface area contributed by atoms with E-state index in [1.807, 2.05) is 0 Å². The molecule has 3 N–H and O–H groups in total. The fourth-order valence-corrected chi connectivity index (χ4v) is 1.39. The third kappa shape index (κ3) is 3.74. The van der Waals surface area contributed by atoms with Crippen LogP contribution in [0.25, 0.3) is 0 Å². The van der Waals surface area contributed by atoms with Crippen LogP contribution in [0.4, 0.5) is 0 Å². The zero-order valence-corrected chi connectivity index (χ0v) is 8.42. The Morgan fingerprint density at radius 3 is 2.77 bits per heavy atom. The average Bonchev–Trinajstić information content (AvgIpc) is 2.84. The van der Waals surface area contributed by atoms with Crippen LogP contribution >= 0.6 is 0 Å². The molecule has 0 aromatic carbocycles. The summed E-state index contributed by atoms with van der Waals surface area (Å²) < 4.78 is 0. The monoisotopic (exact) mass is 185 g/mol. The number of nitrogens with two attached hydrogens (primary N) is 1. The highest BCUT2D eigenvalue weighted by atomic mass is 16.1. The average molecular weight is 185 g/mol. The van der Waals surface area contributed by atoms with Gasteiger partial charge in [-0.05, 0) is 26.8 Å². The zero-order valence-electron chi connectivity index (χ0n) is 8.42. The number of carbonyl (C=O) groups is 1. The number of primary amides is 1. The van der Waals surface area contributed by atoms with Crippen LogP contribution in [0.3, 0.4) is 0 Å². The molecule has 1 amide bonds. The third-order valence-electron chi connectivity index (χ3n) is 2.56. The van der Waals surface area contributed by atoms with Gasteiger partial charge in [-0.3, -0.25) is 9.69 Å². The number of amides is 1. The Kier molecular flexibility index (Phi) is 3.69. The SMILES string of the molecule is CC(CNCC(N)=O)N(C)C1CC1. The van der Waals surface area contributed by atoms with Crippen molar-refractivity contribution < 1.29 is 4.79 Å². The minimum Gasteiger partial charge on any atom is -0.369 e. The van der Waals surface area contributed by atoms with Gasteiger partial charge in [0.25, 0.3) is 0 Å². The molecule has 0 bridgehead atoms. The normalized spacial score (nSPS) is 19.0. The minimum atomic E-state index is -0.290. The van der Waals surface area contributed by atoms with Gasteiger partial charge in [-0.1, -0.05) is 0 Å². The maximum Gasteiger partial charge on any atom is 0.231 e. The van der Waals surface area contributed by atoms with E-state index in [0.717, 1.165) is 12.6 Å².